The summed E-state index contributed by atoms with van der Waals surface area (Å²) < 4.78 is 19.3. The number of carbonyl (C=O) groups excluding carboxylic acids is 2. The number of ketones is 1. The van der Waals surface area contributed by atoms with E-state index in [4.69, 9.17) is 4.74 Å². The fraction of sp³-hybridized carbons (Fsp3) is 0.529. The van der Waals surface area contributed by atoms with E-state index < -0.39 is 11.4 Å². The predicted octanol–water partition coefficient (Wildman–Crippen LogP) is 3.09. The number of hydrogen-bond donors (Lipinski definition) is 0. The van der Waals surface area contributed by atoms with Crippen molar-refractivity contribution >= 4 is 17.6 Å². The topological polar surface area (TPSA) is 49.9 Å². The maximum Gasteiger partial charge on any atom is 0.410 e. The first-order valence-corrected chi connectivity index (χ1v) is 7.71. The van der Waals surface area contributed by atoms with Gasteiger partial charge in [-0.15, -0.1) is 0 Å². The zero-order valence-electron chi connectivity index (χ0n) is 14.1. The highest BCUT2D eigenvalue weighted by atomic mass is 19.1. The lowest BCUT2D eigenvalue weighted by atomic mass is 10.1. The Kier molecular flexibility index (Phi) is 4.92. The van der Waals surface area contributed by atoms with Gasteiger partial charge < -0.3 is 14.5 Å². The molecule has 1 aromatic rings. The van der Waals surface area contributed by atoms with Gasteiger partial charge in [-0.25, -0.2) is 9.18 Å². The number of Topliss-reactive ketones (excluding diaryl/α,β-unsaturated/α-hetero) is 1. The Balaban J connectivity index is 2.07. The molecule has 0 spiro atoms. The van der Waals surface area contributed by atoms with Gasteiger partial charge in [-0.1, -0.05) is 6.07 Å². The minimum atomic E-state index is -0.529. The van der Waals surface area contributed by atoms with Gasteiger partial charge in [-0.2, -0.15) is 0 Å². The van der Waals surface area contributed by atoms with Crippen LogP contribution in [0.5, 0.6) is 0 Å². The van der Waals surface area contributed by atoms with E-state index in [9.17, 15) is 14.0 Å². The van der Waals surface area contributed by atoms with E-state index >= 15 is 0 Å². The van der Waals surface area contributed by atoms with Crippen LogP contribution in [0.15, 0.2) is 18.2 Å². The molecule has 1 aliphatic heterocycles. The minimum absolute atomic E-state index is 0.109. The van der Waals surface area contributed by atoms with Crippen LogP contribution in [0.2, 0.25) is 0 Å². The summed E-state index contributed by atoms with van der Waals surface area (Å²) in [5.74, 6) is -0.808. The van der Waals surface area contributed by atoms with Crippen LogP contribution in [0.4, 0.5) is 14.9 Å². The number of carbonyl (C=O) groups is 2. The van der Waals surface area contributed by atoms with Crippen LogP contribution in [0, 0.1) is 5.82 Å². The minimum Gasteiger partial charge on any atom is -0.444 e. The normalized spacial score (nSPS) is 15.5. The third-order valence-electron chi connectivity index (χ3n) is 3.62. The molecule has 0 N–H and O–H groups in total. The van der Waals surface area contributed by atoms with Gasteiger partial charge >= 0.3 is 6.09 Å². The molecule has 1 amide bonds. The van der Waals surface area contributed by atoms with Crippen molar-refractivity contribution < 1.29 is 18.7 Å². The second kappa shape index (κ2) is 6.56. The van der Waals surface area contributed by atoms with Crippen molar-refractivity contribution in [3.8, 4) is 0 Å². The van der Waals surface area contributed by atoms with Crippen molar-refractivity contribution in [1.82, 2.24) is 4.90 Å². The van der Waals surface area contributed by atoms with Gasteiger partial charge in [0, 0.05) is 26.2 Å². The Hall–Kier alpha value is -2.11. The van der Waals surface area contributed by atoms with Crippen LogP contribution in [0.3, 0.4) is 0 Å². The summed E-state index contributed by atoms with van der Waals surface area (Å²) in [5.41, 5.74) is 0.165. The lowest BCUT2D eigenvalue weighted by Gasteiger charge is -2.37. The summed E-state index contributed by atoms with van der Waals surface area (Å²) in [4.78, 5) is 27.3. The number of benzene rings is 1. The quantitative estimate of drug-likeness (QED) is 0.785. The van der Waals surface area contributed by atoms with E-state index in [0.29, 0.717) is 31.9 Å². The molecule has 126 valence electrons. The summed E-state index contributed by atoms with van der Waals surface area (Å²) in [6, 6.07) is 4.62. The van der Waals surface area contributed by atoms with Crippen LogP contribution >= 0.6 is 0 Å². The average Bonchev–Trinajstić information content (AvgIpc) is 2.45. The van der Waals surface area contributed by atoms with Crippen molar-refractivity contribution in [2.24, 2.45) is 0 Å². The van der Waals surface area contributed by atoms with E-state index in [1.165, 1.54) is 13.0 Å². The molecule has 6 heteroatoms. The summed E-state index contributed by atoms with van der Waals surface area (Å²) in [7, 11) is 0. The number of piperazine rings is 1. The molecule has 0 unspecified atom stereocenters. The number of ether oxygens (including phenoxy) is 1. The molecule has 2 rings (SSSR count). The standard InChI is InChI=1S/C17H23FN2O3/c1-12(21)15-13(18)6-5-7-14(15)19-8-10-20(11-9-19)16(22)23-17(2,3)4/h5-7H,8-11H2,1-4H3. The first kappa shape index (κ1) is 17.2. The van der Waals surface area contributed by atoms with Gasteiger partial charge in [0.25, 0.3) is 0 Å². The molecule has 1 heterocycles. The van der Waals surface area contributed by atoms with Gasteiger partial charge in [0.15, 0.2) is 5.78 Å². The molecular formula is C17H23FN2O3. The largest absolute Gasteiger partial charge is 0.444 e. The number of amides is 1. The maximum absolute atomic E-state index is 13.9. The van der Waals surface area contributed by atoms with Crippen LogP contribution < -0.4 is 4.90 Å². The molecule has 0 atom stereocenters. The highest BCUT2D eigenvalue weighted by Crippen LogP contribution is 2.25. The molecule has 0 bridgehead atoms. The van der Waals surface area contributed by atoms with Gasteiger partial charge in [-0.3, -0.25) is 4.79 Å². The molecular weight excluding hydrogens is 299 g/mol. The molecule has 1 aromatic carbocycles. The molecule has 0 aromatic heterocycles. The number of halogens is 1. The third kappa shape index (κ3) is 4.21. The Bertz CT molecular complexity index is 602. The molecule has 1 aliphatic rings. The van der Waals surface area contributed by atoms with E-state index in [1.54, 1.807) is 17.0 Å². The van der Waals surface area contributed by atoms with E-state index in [2.05, 4.69) is 0 Å². The molecule has 0 radical (unpaired) electrons. The number of hydrogen-bond acceptors (Lipinski definition) is 4. The van der Waals surface area contributed by atoms with Crippen molar-refractivity contribution in [3.05, 3.63) is 29.6 Å². The smallest absolute Gasteiger partial charge is 0.410 e. The Morgan fingerprint density at radius 1 is 1.13 bits per heavy atom. The van der Waals surface area contributed by atoms with Crippen molar-refractivity contribution in [2.75, 3.05) is 31.1 Å². The van der Waals surface area contributed by atoms with E-state index in [1.807, 2.05) is 25.7 Å². The van der Waals surface area contributed by atoms with Gasteiger partial charge in [0.1, 0.15) is 11.4 Å². The summed E-state index contributed by atoms with van der Waals surface area (Å²) >= 11 is 0. The fourth-order valence-electron chi connectivity index (χ4n) is 2.58. The van der Waals surface area contributed by atoms with Gasteiger partial charge in [-0.05, 0) is 39.8 Å². The van der Waals surface area contributed by atoms with Gasteiger partial charge in [0.05, 0.1) is 11.3 Å². The predicted molar refractivity (Wildman–Crippen MR) is 86.4 cm³/mol. The SMILES string of the molecule is CC(=O)c1c(F)cccc1N1CCN(C(=O)OC(C)(C)C)CC1. The Morgan fingerprint density at radius 3 is 2.26 bits per heavy atom. The van der Waals surface area contributed by atoms with Crippen LogP contribution in [-0.2, 0) is 4.74 Å². The Labute approximate surface area is 136 Å². The van der Waals surface area contributed by atoms with E-state index in [0.717, 1.165) is 0 Å². The summed E-state index contributed by atoms with van der Waals surface area (Å²) in [6.45, 7) is 8.85. The monoisotopic (exact) mass is 322 g/mol. The summed E-state index contributed by atoms with van der Waals surface area (Å²) in [5, 5.41) is 0. The van der Waals surface area contributed by atoms with Crippen LogP contribution in [-0.4, -0.2) is 48.6 Å². The Morgan fingerprint density at radius 2 is 1.74 bits per heavy atom. The molecule has 0 aliphatic carbocycles. The molecule has 23 heavy (non-hydrogen) atoms. The van der Waals surface area contributed by atoms with E-state index in [-0.39, 0.29) is 17.4 Å². The lowest BCUT2D eigenvalue weighted by Crippen LogP contribution is -2.50. The number of rotatable bonds is 2. The second-order valence-corrected chi connectivity index (χ2v) is 6.64. The second-order valence-electron chi connectivity index (χ2n) is 6.64. The molecule has 1 saturated heterocycles. The van der Waals surface area contributed by atoms with Crippen molar-refractivity contribution in [3.63, 3.8) is 0 Å². The molecule has 1 fully saturated rings. The van der Waals surface area contributed by atoms with Crippen LogP contribution in [0.25, 0.3) is 0 Å². The number of nitrogens with zero attached hydrogens (tertiary/aromatic N) is 2. The van der Waals surface area contributed by atoms with Gasteiger partial charge in [0.2, 0.25) is 0 Å². The van der Waals surface area contributed by atoms with Crippen molar-refractivity contribution in [1.29, 1.82) is 0 Å². The zero-order valence-corrected chi connectivity index (χ0v) is 14.1. The first-order chi connectivity index (χ1) is 10.7. The number of anilines is 1. The zero-order chi connectivity index (χ0) is 17.2. The fourth-order valence-corrected chi connectivity index (χ4v) is 2.58. The molecule has 0 saturated carbocycles. The first-order valence-electron chi connectivity index (χ1n) is 7.71. The average molecular weight is 322 g/mol. The molecule has 5 nitrogen and oxygen atoms in total. The summed E-state index contributed by atoms with van der Waals surface area (Å²) in [6.07, 6.45) is -0.344. The van der Waals surface area contributed by atoms with Crippen LogP contribution in [0.1, 0.15) is 38.1 Å². The highest BCUT2D eigenvalue weighted by molar-refractivity contribution is 6.00. The van der Waals surface area contributed by atoms with Crippen molar-refractivity contribution in [2.45, 2.75) is 33.3 Å². The third-order valence-corrected chi connectivity index (χ3v) is 3.62. The highest BCUT2D eigenvalue weighted by Gasteiger charge is 2.27. The maximum atomic E-state index is 13.9. The lowest BCUT2D eigenvalue weighted by molar-refractivity contribution is 0.0240.